The molecule has 10 nitrogen and oxygen atoms in total. The molecule has 4 amide bonds. The van der Waals surface area contributed by atoms with Gasteiger partial charge in [-0.2, -0.15) is 0 Å². The predicted molar refractivity (Wildman–Crippen MR) is 195 cm³/mol. The molecule has 4 aromatic rings. The van der Waals surface area contributed by atoms with Crippen LogP contribution in [0.25, 0.3) is 0 Å². The van der Waals surface area contributed by atoms with Crippen molar-refractivity contribution in [3.63, 3.8) is 0 Å². The van der Waals surface area contributed by atoms with E-state index < -0.39 is 47.3 Å². The maximum atomic E-state index is 14.8. The predicted octanol–water partition coefficient (Wildman–Crippen LogP) is 3.67. The lowest BCUT2D eigenvalue weighted by atomic mass is 9.54. The molecule has 6 aliphatic rings. The van der Waals surface area contributed by atoms with Gasteiger partial charge in [-0.1, -0.05) is 84.9 Å². The van der Waals surface area contributed by atoms with Gasteiger partial charge in [0.25, 0.3) is 0 Å². The lowest BCUT2D eigenvalue weighted by Crippen LogP contribution is -2.67. The highest BCUT2D eigenvalue weighted by atomic mass is 16.2. The van der Waals surface area contributed by atoms with Crippen LogP contribution in [0.2, 0.25) is 0 Å². The maximum absolute atomic E-state index is 14.8. The zero-order chi connectivity index (χ0) is 35.5. The summed E-state index contributed by atoms with van der Waals surface area (Å²) >= 11 is 0. The quantitative estimate of drug-likeness (QED) is 0.253. The van der Waals surface area contributed by atoms with Gasteiger partial charge in [-0.3, -0.25) is 19.2 Å². The van der Waals surface area contributed by atoms with Crippen LogP contribution in [-0.4, -0.2) is 69.9 Å². The lowest BCUT2D eigenvalue weighted by molar-refractivity contribution is -0.149. The van der Waals surface area contributed by atoms with Crippen LogP contribution < -0.4 is 21.3 Å². The Balaban J connectivity index is 1.12. The van der Waals surface area contributed by atoms with Crippen molar-refractivity contribution >= 4 is 35.0 Å². The molecule has 8 atom stereocenters. The second-order valence-corrected chi connectivity index (χ2v) is 15.4. The summed E-state index contributed by atoms with van der Waals surface area (Å²) in [7, 11) is 0. The number of rotatable bonds is 5. The minimum Gasteiger partial charge on any atom is -0.364 e. The van der Waals surface area contributed by atoms with Crippen molar-refractivity contribution in [3.05, 3.63) is 130 Å². The van der Waals surface area contributed by atoms with Crippen LogP contribution in [-0.2, 0) is 42.8 Å². The summed E-state index contributed by atoms with van der Waals surface area (Å²) in [6.07, 6.45) is 0.268. The largest absolute Gasteiger partial charge is 0.364 e. The monoisotopic (exact) mass is 692 g/mol. The standard InChI is InChI=1S/C42H40N6O4/c1-23-11-3-5-13-25(23)19-31-37(51)47-33(35(49)43-31)21-41(27-15-7-9-17-29(27)45-39(41)47)42-22-34-36(50)44-32(20-26-14-6-4-12-24(26)2)38(52)48(34)40(42)46-30-18-10-8-16-28(30)42/h3-18,31-34,39-40,45-46H,19-22H2,1-2H3,(H,43,49)(H,44,50). The fourth-order valence-corrected chi connectivity index (χ4v) is 10.8. The molecule has 52 heavy (non-hydrogen) atoms. The number of benzene rings is 4. The first-order chi connectivity index (χ1) is 25.2. The number of fused-ring (bicyclic) bond motifs is 11. The van der Waals surface area contributed by atoms with Gasteiger partial charge < -0.3 is 31.1 Å². The molecular weight excluding hydrogens is 652 g/mol. The molecule has 4 saturated heterocycles. The van der Waals surface area contributed by atoms with Crippen molar-refractivity contribution in [2.24, 2.45) is 0 Å². The molecule has 0 bridgehead atoms. The van der Waals surface area contributed by atoms with Crippen LogP contribution in [0.15, 0.2) is 97.1 Å². The topological polar surface area (TPSA) is 123 Å². The number of aryl methyl sites for hydroxylation is 2. The molecule has 10 rings (SSSR count). The van der Waals surface area contributed by atoms with Gasteiger partial charge in [0.1, 0.15) is 36.5 Å². The van der Waals surface area contributed by atoms with Gasteiger partial charge in [-0.15, -0.1) is 0 Å². The van der Waals surface area contributed by atoms with Crippen molar-refractivity contribution in [2.45, 2.75) is 86.9 Å². The van der Waals surface area contributed by atoms with Gasteiger partial charge in [-0.05, 0) is 72.2 Å². The van der Waals surface area contributed by atoms with Crippen LogP contribution in [0.3, 0.4) is 0 Å². The lowest BCUT2D eigenvalue weighted by Gasteiger charge is -2.48. The van der Waals surface area contributed by atoms with Crippen molar-refractivity contribution in [2.75, 3.05) is 10.6 Å². The van der Waals surface area contributed by atoms with E-state index in [1.54, 1.807) is 9.80 Å². The fourth-order valence-electron chi connectivity index (χ4n) is 10.8. The van der Waals surface area contributed by atoms with Crippen LogP contribution in [0.5, 0.6) is 0 Å². The smallest absolute Gasteiger partial charge is 0.247 e. The third-order valence-corrected chi connectivity index (χ3v) is 13.1. The van der Waals surface area contributed by atoms with E-state index in [0.717, 1.165) is 44.8 Å². The van der Waals surface area contributed by atoms with Crippen molar-refractivity contribution in [1.82, 2.24) is 20.4 Å². The third kappa shape index (κ3) is 3.95. The Morgan fingerprint density at radius 2 is 0.923 bits per heavy atom. The maximum Gasteiger partial charge on any atom is 0.247 e. The van der Waals surface area contributed by atoms with Gasteiger partial charge in [0, 0.05) is 24.2 Å². The number of hydrogen-bond acceptors (Lipinski definition) is 6. The van der Waals surface area contributed by atoms with Crippen LogP contribution in [0.1, 0.15) is 46.2 Å². The number of nitrogens with zero attached hydrogens (tertiary/aromatic N) is 2. The Morgan fingerprint density at radius 3 is 1.35 bits per heavy atom. The van der Waals surface area contributed by atoms with Gasteiger partial charge in [0.05, 0.1) is 10.8 Å². The number of carbonyl (C=O) groups is 4. The first kappa shape index (κ1) is 31.1. The second-order valence-electron chi connectivity index (χ2n) is 15.4. The minimum atomic E-state index is -0.869. The minimum absolute atomic E-state index is 0.130. The summed E-state index contributed by atoms with van der Waals surface area (Å²) in [4.78, 5) is 61.7. The average Bonchev–Trinajstić information content (AvgIpc) is 3.86. The zero-order valence-corrected chi connectivity index (χ0v) is 29.1. The van der Waals surface area contributed by atoms with E-state index >= 15 is 0 Å². The van der Waals surface area contributed by atoms with E-state index in [2.05, 4.69) is 33.4 Å². The molecule has 262 valence electrons. The first-order valence-corrected chi connectivity index (χ1v) is 18.3. The number of amides is 4. The molecule has 0 aliphatic carbocycles. The third-order valence-electron chi connectivity index (χ3n) is 13.1. The highest BCUT2D eigenvalue weighted by molar-refractivity contribution is 6.01. The Bertz CT molecular complexity index is 2070. The van der Waals surface area contributed by atoms with Crippen molar-refractivity contribution in [1.29, 1.82) is 0 Å². The van der Waals surface area contributed by atoms with E-state index in [4.69, 9.17) is 0 Å². The summed E-state index contributed by atoms with van der Waals surface area (Å²) in [5, 5.41) is 13.7. The van der Waals surface area contributed by atoms with E-state index in [-0.39, 0.29) is 23.6 Å². The number of nitrogens with one attached hydrogen (secondary N) is 4. The average molecular weight is 693 g/mol. The number of hydrogen-bond donors (Lipinski definition) is 4. The number of para-hydroxylation sites is 2. The van der Waals surface area contributed by atoms with E-state index in [1.807, 2.05) is 98.8 Å². The summed E-state index contributed by atoms with van der Waals surface area (Å²) in [6.45, 7) is 4.04. The summed E-state index contributed by atoms with van der Waals surface area (Å²) in [6, 6.07) is 29.2. The Labute approximate surface area is 302 Å². The van der Waals surface area contributed by atoms with Crippen molar-refractivity contribution < 1.29 is 19.2 Å². The van der Waals surface area contributed by atoms with Gasteiger partial charge >= 0.3 is 0 Å². The molecular formula is C42H40N6O4. The van der Waals surface area contributed by atoms with Crippen molar-refractivity contribution in [3.8, 4) is 0 Å². The van der Waals surface area contributed by atoms with Gasteiger partial charge in [0.2, 0.25) is 23.6 Å². The van der Waals surface area contributed by atoms with Gasteiger partial charge in [0.15, 0.2) is 0 Å². The molecule has 4 aromatic carbocycles. The molecule has 6 aliphatic heterocycles. The second kappa shape index (κ2) is 10.9. The Kier molecular flexibility index (Phi) is 6.54. The zero-order valence-electron chi connectivity index (χ0n) is 29.1. The van der Waals surface area contributed by atoms with Crippen LogP contribution in [0, 0.1) is 13.8 Å². The molecule has 0 saturated carbocycles. The molecule has 6 heterocycles. The first-order valence-electron chi connectivity index (χ1n) is 18.3. The number of carbonyl (C=O) groups excluding carboxylic acids is 4. The molecule has 0 radical (unpaired) electrons. The number of piperazine rings is 2. The fraction of sp³-hybridized carbons (Fsp3) is 0.333. The van der Waals surface area contributed by atoms with Crippen LogP contribution >= 0.6 is 0 Å². The van der Waals surface area contributed by atoms with E-state index in [0.29, 0.717) is 25.7 Å². The molecule has 10 heteroatoms. The summed E-state index contributed by atoms with van der Waals surface area (Å²) in [5.41, 5.74) is 6.21. The highest BCUT2D eigenvalue weighted by Crippen LogP contribution is 2.68. The summed E-state index contributed by atoms with van der Waals surface area (Å²) < 4.78 is 0. The molecule has 4 N–H and O–H groups in total. The Morgan fingerprint density at radius 1 is 0.538 bits per heavy atom. The molecule has 0 spiro atoms. The number of anilines is 2. The molecule has 8 unspecified atom stereocenters. The van der Waals surface area contributed by atoms with Gasteiger partial charge in [-0.25, -0.2) is 0 Å². The Hall–Kier alpha value is -5.64. The van der Waals surface area contributed by atoms with E-state index in [9.17, 15) is 19.2 Å². The normalized spacial score (nSPS) is 32.1. The van der Waals surface area contributed by atoms with Crippen LogP contribution in [0.4, 0.5) is 11.4 Å². The summed E-state index contributed by atoms with van der Waals surface area (Å²) in [5.74, 6) is -0.618. The SMILES string of the molecule is Cc1ccccc1CC1NC(=O)C2CC3(C45CC6C(=O)NC(Cc7ccccc7C)C(=O)N6C4Nc4ccccc45)c4ccccc4NC3N2C1=O. The molecule has 4 fully saturated rings. The highest BCUT2D eigenvalue weighted by Gasteiger charge is 2.78. The molecule has 0 aromatic heterocycles. The van der Waals surface area contributed by atoms with E-state index in [1.165, 1.54) is 0 Å².